The number of nitrogens with zero attached hydrogens (tertiary/aromatic N) is 2. The van der Waals surface area contributed by atoms with Crippen molar-refractivity contribution in [2.45, 2.75) is 64.0 Å². The van der Waals surface area contributed by atoms with Crippen LogP contribution in [0, 0.1) is 17.0 Å². The van der Waals surface area contributed by atoms with E-state index < -0.39 is 30.1 Å². The number of alkyl halides is 2. The van der Waals surface area contributed by atoms with Crippen molar-refractivity contribution in [3.8, 4) is 5.75 Å². The highest BCUT2D eigenvalue weighted by Gasteiger charge is 2.38. The zero-order chi connectivity index (χ0) is 30.0. The molecular weight excluding hydrogens is 554 g/mol. The highest BCUT2D eigenvalue weighted by molar-refractivity contribution is 5.52. The lowest BCUT2D eigenvalue weighted by Crippen LogP contribution is -2.43. The molecule has 3 aromatic carbocycles. The number of hydrogen-bond acceptors (Lipinski definition) is 4. The fraction of sp³-hybridized carbons (Fsp3) is 0.486. The Morgan fingerprint density at radius 2 is 1.70 bits per heavy atom. The van der Waals surface area contributed by atoms with Crippen LogP contribution in [0.1, 0.15) is 67.3 Å². The number of ether oxygens (including phenoxy) is 1. The summed E-state index contributed by atoms with van der Waals surface area (Å²) in [4.78, 5) is 3.60. The summed E-state index contributed by atoms with van der Waals surface area (Å²) in [7, 11) is 0. The third-order valence-corrected chi connectivity index (χ3v) is 9.48. The van der Waals surface area contributed by atoms with Gasteiger partial charge in [-0.05, 0) is 91.4 Å². The van der Waals surface area contributed by atoms with Gasteiger partial charge in [0.1, 0.15) is 24.0 Å². The van der Waals surface area contributed by atoms with E-state index in [-0.39, 0.29) is 17.5 Å². The Labute approximate surface area is 252 Å². The molecule has 3 aliphatic heterocycles. The van der Waals surface area contributed by atoms with Gasteiger partial charge < -0.3 is 15.0 Å². The quantitative estimate of drug-likeness (QED) is 0.286. The Morgan fingerprint density at radius 3 is 2.42 bits per heavy atom. The first kappa shape index (κ1) is 29.9. The number of nitrogens with one attached hydrogen (secondary N) is 1. The largest absolute Gasteiger partial charge is 0.489 e. The first-order chi connectivity index (χ1) is 20.7. The smallest absolute Gasteiger partial charge is 0.257 e. The third kappa shape index (κ3) is 6.86. The summed E-state index contributed by atoms with van der Waals surface area (Å²) < 4.78 is 66.8. The minimum Gasteiger partial charge on any atom is -0.489 e. The van der Waals surface area contributed by atoms with Crippen LogP contribution in [0.3, 0.4) is 0 Å². The Morgan fingerprint density at radius 1 is 0.930 bits per heavy atom. The van der Waals surface area contributed by atoms with E-state index in [1.54, 1.807) is 12.1 Å². The maximum absolute atomic E-state index is 16.1. The number of benzene rings is 3. The van der Waals surface area contributed by atoms with E-state index in [1.165, 1.54) is 23.5 Å². The molecule has 0 saturated carbocycles. The van der Waals surface area contributed by atoms with Crippen molar-refractivity contribution >= 4 is 5.69 Å². The first-order valence-corrected chi connectivity index (χ1v) is 15.6. The molecule has 0 bridgehead atoms. The van der Waals surface area contributed by atoms with E-state index in [4.69, 9.17) is 4.74 Å². The summed E-state index contributed by atoms with van der Waals surface area (Å²) >= 11 is 0. The van der Waals surface area contributed by atoms with Gasteiger partial charge in [-0.25, -0.2) is 17.6 Å². The average Bonchev–Trinajstić information content (AvgIpc) is 3.19. The van der Waals surface area contributed by atoms with E-state index in [2.05, 4.69) is 10.2 Å². The number of halogens is 4. The molecule has 2 unspecified atom stereocenters. The second-order valence-electron chi connectivity index (χ2n) is 12.8. The van der Waals surface area contributed by atoms with Crippen molar-refractivity contribution < 1.29 is 22.3 Å². The molecule has 0 radical (unpaired) electrons. The van der Waals surface area contributed by atoms with Crippen LogP contribution in [0.4, 0.5) is 23.2 Å². The normalized spacial score (nSPS) is 23.2. The molecule has 6 rings (SSSR count). The number of rotatable bonds is 7. The van der Waals surface area contributed by atoms with Crippen molar-refractivity contribution in [3.63, 3.8) is 0 Å². The van der Waals surface area contributed by atoms with Crippen LogP contribution in [0.15, 0.2) is 60.7 Å². The summed E-state index contributed by atoms with van der Waals surface area (Å²) in [5, 5.41) is 3.53. The fourth-order valence-electron chi connectivity index (χ4n) is 7.33. The van der Waals surface area contributed by atoms with Crippen LogP contribution in [-0.4, -0.2) is 50.1 Å². The summed E-state index contributed by atoms with van der Waals surface area (Å²) in [5.74, 6) is -3.77. The number of piperidine rings is 1. The summed E-state index contributed by atoms with van der Waals surface area (Å²) in [6.45, 7) is 4.44. The lowest BCUT2D eigenvalue weighted by atomic mass is 9.75. The molecule has 8 heteroatoms. The van der Waals surface area contributed by atoms with Crippen molar-refractivity contribution in [2.24, 2.45) is 5.41 Å². The molecule has 43 heavy (non-hydrogen) atoms. The molecule has 3 heterocycles. The van der Waals surface area contributed by atoms with Gasteiger partial charge in [-0.15, -0.1) is 0 Å². The van der Waals surface area contributed by atoms with Gasteiger partial charge in [0.15, 0.2) is 0 Å². The molecule has 3 aliphatic rings. The van der Waals surface area contributed by atoms with Crippen LogP contribution in [0.5, 0.6) is 5.75 Å². The molecule has 1 N–H and O–H groups in total. The first-order valence-electron chi connectivity index (χ1n) is 15.6. The van der Waals surface area contributed by atoms with Crippen molar-refractivity contribution in [2.75, 3.05) is 44.2 Å². The molecular formula is C35H41F4N3O. The van der Waals surface area contributed by atoms with E-state index >= 15 is 8.78 Å². The second kappa shape index (κ2) is 12.5. The van der Waals surface area contributed by atoms with Crippen LogP contribution in [-0.2, 0) is 13.0 Å². The third-order valence-electron chi connectivity index (χ3n) is 9.48. The van der Waals surface area contributed by atoms with Gasteiger partial charge in [0.2, 0.25) is 0 Å². The molecule has 2 fully saturated rings. The number of hydrogen-bond donors (Lipinski definition) is 1. The molecule has 3 aromatic rings. The van der Waals surface area contributed by atoms with E-state index in [1.807, 2.05) is 36.4 Å². The van der Waals surface area contributed by atoms with Crippen LogP contribution in [0.2, 0.25) is 0 Å². The van der Waals surface area contributed by atoms with Gasteiger partial charge in [-0.3, -0.25) is 4.90 Å². The number of anilines is 1. The van der Waals surface area contributed by atoms with Crippen molar-refractivity contribution in [1.29, 1.82) is 0 Å². The van der Waals surface area contributed by atoms with E-state index in [0.29, 0.717) is 30.0 Å². The van der Waals surface area contributed by atoms with Crippen molar-refractivity contribution in [1.82, 2.24) is 10.2 Å². The average molecular weight is 596 g/mol. The SMILES string of the molecule is CC(F)(F)CN1CCc2cc(OCc3ccccc3)ccc2C1c1c(F)cc(N2CCCC3(CCCNC3)CC2)cc1F. The minimum absolute atomic E-state index is 0.172. The molecule has 2 atom stereocenters. The van der Waals surface area contributed by atoms with Crippen LogP contribution < -0.4 is 15.0 Å². The highest BCUT2D eigenvalue weighted by Crippen LogP contribution is 2.42. The number of fused-ring (bicyclic) bond motifs is 1. The molecule has 0 amide bonds. The molecule has 0 aliphatic carbocycles. The topological polar surface area (TPSA) is 27.7 Å². The Bertz CT molecular complexity index is 1380. The van der Waals surface area contributed by atoms with Gasteiger partial charge in [-0.1, -0.05) is 36.4 Å². The van der Waals surface area contributed by atoms with Gasteiger partial charge in [-0.2, -0.15) is 0 Å². The second-order valence-corrected chi connectivity index (χ2v) is 12.8. The molecule has 230 valence electrons. The Hall–Kier alpha value is -3.10. The van der Waals surface area contributed by atoms with Gasteiger partial charge >= 0.3 is 0 Å². The van der Waals surface area contributed by atoms with Crippen molar-refractivity contribution in [3.05, 3.63) is 94.6 Å². The fourth-order valence-corrected chi connectivity index (χ4v) is 7.33. The van der Waals surface area contributed by atoms with Gasteiger partial charge in [0.05, 0.1) is 12.6 Å². The van der Waals surface area contributed by atoms with Crippen LogP contribution in [0.25, 0.3) is 0 Å². The van der Waals surface area contributed by atoms with E-state index in [0.717, 1.165) is 69.9 Å². The molecule has 0 aromatic heterocycles. The molecule has 2 saturated heterocycles. The maximum Gasteiger partial charge on any atom is 0.257 e. The Balaban J connectivity index is 1.28. The lowest BCUT2D eigenvalue weighted by Gasteiger charge is -2.39. The Kier molecular flexibility index (Phi) is 8.70. The standard InChI is InChI=1S/C35H41F4N3O/c1-34(38,39)24-42-17-11-26-19-28(43-22-25-7-3-2-4-8-25)9-10-29(26)33(42)32-30(36)20-27(21-31(32)37)41-16-6-13-35(14-18-41)12-5-15-40-23-35/h2-4,7-10,19-21,33,40H,5-6,11-18,22-24H2,1H3. The predicted octanol–water partition coefficient (Wildman–Crippen LogP) is 7.51. The summed E-state index contributed by atoms with van der Waals surface area (Å²) in [6.07, 6.45) is 5.89. The zero-order valence-electron chi connectivity index (χ0n) is 24.9. The van der Waals surface area contributed by atoms with Crippen LogP contribution >= 0.6 is 0 Å². The van der Waals surface area contributed by atoms with Gasteiger partial charge in [0, 0.05) is 44.4 Å². The maximum atomic E-state index is 16.1. The minimum atomic E-state index is -3.02. The summed E-state index contributed by atoms with van der Waals surface area (Å²) in [5.41, 5.74) is 3.12. The zero-order valence-corrected chi connectivity index (χ0v) is 24.9. The highest BCUT2D eigenvalue weighted by atomic mass is 19.3. The predicted molar refractivity (Wildman–Crippen MR) is 162 cm³/mol. The molecule has 1 spiro atoms. The lowest BCUT2D eigenvalue weighted by molar-refractivity contribution is -0.0245. The molecule has 4 nitrogen and oxygen atoms in total. The van der Waals surface area contributed by atoms with E-state index in [9.17, 15) is 8.78 Å². The monoisotopic (exact) mass is 595 g/mol. The van der Waals surface area contributed by atoms with Gasteiger partial charge in [0.25, 0.3) is 5.92 Å². The summed E-state index contributed by atoms with van der Waals surface area (Å²) in [6, 6.07) is 17.0.